The van der Waals surface area contributed by atoms with Crippen LogP contribution in [0.5, 0.6) is 0 Å². The zero-order valence-electron chi connectivity index (χ0n) is 14.3. The van der Waals surface area contributed by atoms with E-state index in [1.54, 1.807) is 11.3 Å². The molecular formula is C17H18N2OS3Si. The molecule has 0 aromatic carbocycles. The Morgan fingerprint density at radius 3 is 2.46 bits per heavy atom. The molecule has 1 aliphatic rings. The van der Waals surface area contributed by atoms with Crippen LogP contribution in [-0.4, -0.2) is 34.3 Å². The molecule has 124 valence electrons. The minimum Gasteiger partial charge on any atom is -0.486 e. The van der Waals surface area contributed by atoms with Crippen molar-refractivity contribution in [2.24, 2.45) is 0 Å². The van der Waals surface area contributed by atoms with Crippen LogP contribution in [0.2, 0.25) is 13.1 Å². The molecule has 7 heteroatoms. The van der Waals surface area contributed by atoms with Crippen LogP contribution in [0, 0.1) is 11.3 Å². The highest BCUT2D eigenvalue weighted by Crippen LogP contribution is 2.41. The van der Waals surface area contributed by atoms with E-state index in [0.717, 1.165) is 4.88 Å². The molecular weight excluding hydrogens is 372 g/mol. The molecule has 0 fully saturated rings. The van der Waals surface area contributed by atoms with Crippen LogP contribution in [0.4, 0.5) is 5.00 Å². The summed E-state index contributed by atoms with van der Waals surface area (Å²) in [5.74, 6) is 0. The van der Waals surface area contributed by atoms with Crippen molar-refractivity contribution in [3.05, 3.63) is 22.6 Å². The summed E-state index contributed by atoms with van der Waals surface area (Å²) in [6.07, 6.45) is 1.85. The second-order valence-electron chi connectivity index (χ2n) is 6.40. The van der Waals surface area contributed by atoms with Crippen LogP contribution in [0.15, 0.2) is 17.7 Å². The van der Waals surface area contributed by atoms with Gasteiger partial charge in [-0.3, -0.25) is 0 Å². The smallest absolute Gasteiger partial charge is 0.201 e. The number of methoxy groups -OCH3 is 1. The zero-order chi connectivity index (χ0) is 17.6. The predicted octanol–water partition coefficient (Wildman–Crippen LogP) is 3.56. The highest BCUT2D eigenvalue weighted by Gasteiger charge is 2.41. The van der Waals surface area contributed by atoms with Crippen LogP contribution < -0.4 is 15.3 Å². The Kier molecular flexibility index (Phi) is 4.42. The first-order valence-electron chi connectivity index (χ1n) is 7.46. The third kappa shape index (κ3) is 2.64. The Balaban J connectivity index is 2.10. The number of hydrogen-bond acceptors (Lipinski definition) is 6. The van der Waals surface area contributed by atoms with E-state index >= 15 is 0 Å². The maximum atomic E-state index is 9.29. The fourth-order valence-electron chi connectivity index (χ4n) is 2.88. The van der Waals surface area contributed by atoms with Gasteiger partial charge in [-0.2, -0.15) is 5.26 Å². The fourth-order valence-corrected chi connectivity index (χ4v) is 10.1. The maximum Gasteiger partial charge on any atom is 0.201 e. The molecule has 0 radical (unpaired) electrons. The Hall–Kier alpha value is -1.46. The van der Waals surface area contributed by atoms with E-state index in [4.69, 9.17) is 17.0 Å². The van der Waals surface area contributed by atoms with Gasteiger partial charge in [0.15, 0.2) is 0 Å². The first kappa shape index (κ1) is 17.4. The van der Waals surface area contributed by atoms with E-state index in [0.29, 0.717) is 5.57 Å². The van der Waals surface area contributed by atoms with Crippen LogP contribution >= 0.6 is 34.9 Å². The summed E-state index contributed by atoms with van der Waals surface area (Å²) in [4.78, 5) is 6.02. The van der Waals surface area contributed by atoms with Crippen molar-refractivity contribution in [1.82, 2.24) is 0 Å². The monoisotopic (exact) mass is 390 g/mol. The molecule has 2 aromatic heterocycles. The molecule has 3 rings (SSSR count). The molecule has 0 unspecified atom stereocenters. The molecule has 0 amide bonds. The predicted molar refractivity (Wildman–Crippen MR) is 112 cm³/mol. The molecule has 1 aliphatic heterocycles. The minimum absolute atomic E-state index is 0.245. The molecule has 0 N–H and O–H groups in total. The first-order valence-corrected chi connectivity index (χ1v) is 12.5. The molecule has 0 atom stereocenters. The highest BCUT2D eigenvalue weighted by atomic mass is 32.1. The molecule has 0 saturated heterocycles. The SMILES string of the molecule is COC(=S)/C(C#N)=C/c1cc2c(s1)-c1sc(N(C)C)cc1[Si]2(C)C. The van der Waals surface area contributed by atoms with E-state index < -0.39 is 8.07 Å². The lowest BCUT2D eigenvalue weighted by molar-refractivity contribution is 0.416. The molecule has 0 bridgehead atoms. The molecule has 2 aromatic rings. The van der Waals surface area contributed by atoms with E-state index in [1.807, 2.05) is 17.4 Å². The fraction of sp³-hybridized carbons (Fsp3) is 0.294. The largest absolute Gasteiger partial charge is 0.486 e. The summed E-state index contributed by atoms with van der Waals surface area (Å²) >= 11 is 8.70. The number of hydrogen-bond donors (Lipinski definition) is 0. The van der Waals surface area contributed by atoms with E-state index in [1.165, 1.54) is 32.2 Å². The molecule has 24 heavy (non-hydrogen) atoms. The van der Waals surface area contributed by atoms with Gasteiger partial charge in [-0.1, -0.05) is 13.1 Å². The van der Waals surface area contributed by atoms with Gasteiger partial charge in [0.25, 0.3) is 0 Å². The number of nitriles is 1. The van der Waals surface area contributed by atoms with Crippen molar-refractivity contribution in [2.75, 3.05) is 26.1 Å². The van der Waals surface area contributed by atoms with E-state index in [-0.39, 0.29) is 5.05 Å². The van der Waals surface area contributed by atoms with Crippen molar-refractivity contribution in [3.8, 4) is 15.8 Å². The summed E-state index contributed by atoms with van der Waals surface area (Å²) in [5, 5.41) is 13.8. The normalized spacial score (nSPS) is 14.8. The van der Waals surface area contributed by atoms with Crippen LogP contribution in [0.1, 0.15) is 4.88 Å². The summed E-state index contributed by atoms with van der Waals surface area (Å²) < 4.78 is 5.03. The Labute approximate surface area is 156 Å². The van der Waals surface area contributed by atoms with Gasteiger partial charge in [0, 0.05) is 28.7 Å². The second kappa shape index (κ2) is 6.12. The van der Waals surface area contributed by atoms with Crippen molar-refractivity contribution < 1.29 is 4.74 Å². The number of rotatable bonds is 3. The van der Waals surface area contributed by atoms with Crippen molar-refractivity contribution in [2.45, 2.75) is 13.1 Å². The number of fused-ring (bicyclic) bond motifs is 3. The lowest BCUT2D eigenvalue weighted by Gasteiger charge is -2.16. The lowest BCUT2D eigenvalue weighted by atomic mass is 10.2. The summed E-state index contributed by atoms with van der Waals surface area (Å²) in [6, 6.07) is 6.73. The van der Waals surface area contributed by atoms with Gasteiger partial charge in [0.1, 0.15) is 19.7 Å². The Morgan fingerprint density at radius 2 is 1.88 bits per heavy atom. The minimum atomic E-state index is -1.66. The van der Waals surface area contributed by atoms with Crippen LogP contribution in [0.25, 0.3) is 15.8 Å². The average Bonchev–Trinajstić information content (AvgIpc) is 3.19. The molecule has 0 aliphatic carbocycles. The summed E-state index contributed by atoms with van der Waals surface area (Å²) in [6.45, 7) is 4.80. The van der Waals surface area contributed by atoms with Crippen molar-refractivity contribution in [3.63, 3.8) is 0 Å². The lowest BCUT2D eigenvalue weighted by Crippen LogP contribution is -2.48. The van der Waals surface area contributed by atoms with Crippen molar-refractivity contribution in [1.29, 1.82) is 5.26 Å². The number of ether oxygens (including phenoxy) is 1. The van der Waals surface area contributed by atoms with Gasteiger partial charge >= 0.3 is 0 Å². The van der Waals surface area contributed by atoms with Crippen LogP contribution in [-0.2, 0) is 4.74 Å². The second-order valence-corrected chi connectivity index (χ2v) is 13.2. The number of nitrogens with zero attached hydrogens (tertiary/aromatic N) is 2. The third-order valence-electron chi connectivity index (χ3n) is 4.28. The number of thiophene rings is 2. The molecule has 0 saturated carbocycles. The maximum absolute atomic E-state index is 9.29. The quantitative estimate of drug-likeness (QED) is 0.347. The zero-order valence-corrected chi connectivity index (χ0v) is 17.7. The van der Waals surface area contributed by atoms with Crippen molar-refractivity contribution >= 4 is 69.5 Å². The third-order valence-corrected chi connectivity index (χ3v) is 11.1. The van der Waals surface area contributed by atoms with E-state index in [9.17, 15) is 5.26 Å². The number of anilines is 1. The molecule has 3 nitrogen and oxygen atoms in total. The van der Waals surface area contributed by atoms with Gasteiger partial charge in [0.05, 0.1) is 12.1 Å². The summed E-state index contributed by atoms with van der Waals surface area (Å²) in [7, 11) is 4.01. The topological polar surface area (TPSA) is 36.3 Å². The van der Waals surface area contributed by atoms with E-state index in [2.05, 4.69) is 50.3 Å². The first-order chi connectivity index (χ1) is 11.3. The van der Waals surface area contributed by atoms with Gasteiger partial charge in [-0.05, 0) is 40.8 Å². The summed E-state index contributed by atoms with van der Waals surface area (Å²) in [5.41, 5.74) is 0.410. The standard InChI is InChI=1S/C17H18N2OS3Si/c1-19(2)14-8-13-16(23-14)15-12(24(13,4)5)7-11(22-15)6-10(9-18)17(21)20-3/h6-8H,1-5H3/b10-6+. The van der Waals surface area contributed by atoms with Gasteiger partial charge in [-0.15, -0.1) is 22.7 Å². The van der Waals surface area contributed by atoms with Gasteiger partial charge < -0.3 is 9.64 Å². The number of thiocarbonyl (C=S) groups is 1. The van der Waals surface area contributed by atoms with Gasteiger partial charge in [-0.25, -0.2) is 0 Å². The molecule has 0 spiro atoms. The van der Waals surface area contributed by atoms with Gasteiger partial charge in [0.2, 0.25) is 5.05 Å². The Bertz CT molecular complexity index is 900. The average molecular weight is 391 g/mol. The highest BCUT2D eigenvalue weighted by molar-refractivity contribution is 7.80. The Morgan fingerprint density at radius 1 is 1.25 bits per heavy atom. The van der Waals surface area contributed by atoms with Crippen LogP contribution in [0.3, 0.4) is 0 Å². The molecule has 3 heterocycles.